The van der Waals surface area contributed by atoms with Crippen molar-refractivity contribution in [1.82, 2.24) is 9.97 Å². The van der Waals surface area contributed by atoms with Gasteiger partial charge in [0.1, 0.15) is 10.8 Å². The standard InChI is InChI=1S/C11H18N4S/c1-13-9-7-10(15-11(12)14-9)16-8-5-3-2-4-6-8/h7-8H,2-6H2,1H3,(H3,12,13,14,15). The summed E-state index contributed by atoms with van der Waals surface area (Å²) in [5, 5.41) is 4.69. The predicted molar refractivity (Wildman–Crippen MR) is 68.7 cm³/mol. The molecule has 3 N–H and O–H groups in total. The SMILES string of the molecule is CNc1cc(SC2CCCCC2)nc(N)n1. The van der Waals surface area contributed by atoms with Gasteiger partial charge in [0.05, 0.1) is 0 Å². The lowest BCUT2D eigenvalue weighted by atomic mass is 10.0. The number of aromatic nitrogens is 2. The Morgan fingerprint density at radius 1 is 1.31 bits per heavy atom. The molecule has 0 aromatic carbocycles. The van der Waals surface area contributed by atoms with Gasteiger partial charge < -0.3 is 11.1 Å². The van der Waals surface area contributed by atoms with Gasteiger partial charge in [-0.3, -0.25) is 0 Å². The first kappa shape index (κ1) is 11.5. The fourth-order valence-corrected chi connectivity index (χ4v) is 3.22. The Balaban J connectivity index is 2.04. The molecule has 1 fully saturated rings. The number of nitrogens with one attached hydrogen (secondary N) is 1. The highest BCUT2D eigenvalue weighted by Crippen LogP contribution is 2.33. The van der Waals surface area contributed by atoms with Crippen LogP contribution in [0.2, 0.25) is 0 Å². The van der Waals surface area contributed by atoms with E-state index in [2.05, 4.69) is 15.3 Å². The molecule has 0 saturated heterocycles. The van der Waals surface area contributed by atoms with Gasteiger partial charge >= 0.3 is 0 Å². The number of nitrogen functional groups attached to an aromatic ring is 1. The van der Waals surface area contributed by atoms with Crippen LogP contribution in [0.4, 0.5) is 11.8 Å². The van der Waals surface area contributed by atoms with Crippen molar-refractivity contribution >= 4 is 23.5 Å². The van der Waals surface area contributed by atoms with E-state index in [1.54, 1.807) is 0 Å². The van der Waals surface area contributed by atoms with Crippen LogP contribution < -0.4 is 11.1 Å². The van der Waals surface area contributed by atoms with Gasteiger partial charge in [0, 0.05) is 18.4 Å². The Morgan fingerprint density at radius 3 is 2.75 bits per heavy atom. The van der Waals surface area contributed by atoms with Crippen LogP contribution in [0.3, 0.4) is 0 Å². The van der Waals surface area contributed by atoms with E-state index >= 15 is 0 Å². The molecule has 1 aliphatic carbocycles. The van der Waals surface area contributed by atoms with Gasteiger partial charge in [0.25, 0.3) is 0 Å². The molecule has 0 amide bonds. The van der Waals surface area contributed by atoms with Crippen LogP contribution in [0.25, 0.3) is 0 Å². The molecule has 0 spiro atoms. The molecule has 1 aliphatic rings. The van der Waals surface area contributed by atoms with Crippen LogP contribution in [0.5, 0.6) is 0 Å². The van der Waals surface area contributed by atoms with E-state index in [-0.39, 0.29) is 0 Å². The second-order valence-corrected chi connectivity index (χ2v) is 5.40. The second-order valence-electron chi connectivity index (χ2n) is 4.08. The first-order valence-corrected chi connectivity index (χ1v) is 6.65. The minimum absolute atomic E-state index is 0.352. The zero-order chi connectivity index (χ0) is 11.4. The molecular weight excluding hydrogens is 220 g/mol. The van der Waals surface area contributed by atoms with Crippen molar-refractivity contribution in [1.29, 1.82) is 0 Å². The monoisotopic (exact) mass is 238 g/mol. The van der Waals surface area contributed by atoms with Crippen LogP contribution >= 0.6 is 11.8 Å². The summed E-state index contributed by atoms with van der Waals surface area (Å²) in [4.78, 5) is 8.35. The van der Waals surface area contributed by atoms with Crippen molar-refractivity contribution in [2.75, 3.05) is 18.1 Å². The van der Waals surface area contributed by atoms with Crippen molar-refractivity contribution in [3.8, 4) is 0 Å². The van der Waals surface area contributed by atoms with E-state index in [9.17, 15) is 0 Å². The maximum absolute atomic E-state index is 5.66. The predicted octanol–water partition coefficient (Wildman–Crippen LogP) is 2.53. The fourth-order valence-electron chi connectivity index (χ4n) is 1.99. The number of rotatable bonds is 3. The van der Waals surface area contributed by atoms with Gasteiger partial charge in [-0.15, -0.1) is 11.8 Å². The maximum atomic E-state index is 5.66. The van der Waals surface area contributed by atoms with E-state index in [1.807, 2.05) is 24.9 Å². The first-order chi connectivity index (χ1) is 7.78. The quantitative estimate of drug-likeness (QED) is 0.792. The van der Waals surface area contributed by atoms with Crippen molar-refractivity contribution < 1.29 is 0 Å². The first-order valence-electron chi connectivity index (χ1n) is 5.77. The summed E-state index contributed by atoms with van der Waals surface area (Å²) in [6.07, 6.45) is 6.66. The highest BCUT2D eigenvalue weighted by atomic mass is 32.2. The average Bonchev–Trinajstić information content (AvgIpc) is 2.29. The van der Waals surface area contributed by atoms with Crippen molar-refractivity contribution in [2.45, 2.75) is 42.4 Å². The molecule has 0 atom stereocenters. The molecule has 16 heavy (non-hydrogen) atoms. The Bertz CT molecular complexity index is 350. The van der Waals surface area contributed by atoms with Gasteiger partial charge in [0.15, 0.2) is 0 Å². The van der Waals surface area contributed by atoms with Gasteiger partial charge in [-0.25, -0.2) is 4.98 Å². The summed E-state index contributed by atoms with van der Waals surface area (Å²) in [6, 6.07) is 1.97. The lowest BCUT2D eigenvalue weighted by Gasteiger charge is -2.20. The van der Waals surface area contributed by atoms with Crippen LogP contribution in [-0.4, -0.2) is 22.3 Å². The van der Waals surface area contributed by atoms with E-state index in [0.29, 0.717) is 11.2 Å². The van der Waals surface area contributed by atoms with E-state index in [1.165, 1.54) is 32.1 Å². The van der Waals surface area contributed by atoms with Crippen molar-refractivity contribution in [3.05, 3.63) is 6.07 Å². The molecule has 4 nitrogen and oxygen atoms in total. The number of nitrogens with two attached hydrogens (primary N) is 1. The van der Waals surface area contributed by atoms with Crippen LogP contribution in [0, 0.1) is 0 Å². The number of hydrogen-bond donors (Lipinski definition) is 2. The summed E-state index contributed by atoms with van der Waals surface area (Å²) in [6.45, 7) is 0. The third-order valence-electron chi connectivity index (χ3n) is 2.82. The summed E-state index contributed by atoms with van der Waals surface area (Å²) in [5.41, 5.74) is 5.66. The van der Waals surface area contributed by atoms with Gasteiger partial charge in [0.2, 0.25) is 5.95 Å². The molecule has 88 valence electrons. The smallest absolute Gasteiger partial charge is 0.223 e. The number of anilines is 2. The van der Waals surface area contributed by atoms with E-state index < -0.39 is 0 Å². The summed E-state index contributed by atoms with van der Waals surface area (Å²) < 4.78 is 0. The number of thioether (sulfide) groups is 1. The zero-order valence-corrected chi connectivity index (χ0v) is 10.4. The van der Waals surface area contributed by atoms with Crippen LogP contribution in [-0.2, 0) is 0 Å². The Hall–Kier alpha value is -0.970. The highest BCUT2D eigenvalue weighted by molar-refractivity contribution is 7.99. The summed E-state index contributed by atoms with van der Waals surface area (Å²) in [7, 11) is 1.84. The van der Waals surface area contributed by atoms with E-state index in [0.717, 1.165) is 10.8 Å². The Labute approximate surface area is 100 Å². The summed E-state index contributed by atoms with van der Waals surface area (Å²) >= 11 is 1.84. The largest absolute Gasteiger partial charge is 0.373 e. The van der Waals surface area contributed by atoms with Gasteiger partial charge in [-0.1, -0.05) is 19.3 Å². The normalized spacial score (nSPS) is 17.3. The van der Waals surface area contributed by atoms with E-state index in [4.69, 9.17) is 5.73 Å². The summed E-state index contributed by atoms with van der Waals surface area (Å²) in [5.74, 6) is 1.15. The Kier molecular flexibility index (Phi) is 3.88. The Morgan fingerprint density at radius 2 is 2.06 bits per heavy atom. The number of nitrogens with zero attached hydrogens (tertiary/aromatic N) is 2. The van der Waals surface area contributed by atoms with Crippen molar-refractivity contribution in [3.63, 3.8) is 0 Å². The van der Waals surface area contributed by atoms with Gasteiger partial charge in [-0.2, -0.15) is 4.98 Å². The highest BCUT2D eigenvalue weighted by Gasteiger charge is 2.15. The third kappa shape index (κ3) is 3.01. The topological polar surface area (TPSA) is 63.8 Å². The minimum Gasteiger partial charge on any atom is -0.373 e. The molecule has 0 bridgehead atoms. The molecule has 1 aromatic rings. The fraction of sp³-hybridized carbons (Fsp3) is 0.636. The molecule has 1 aromatic heterocycles. The average molecular weight is 238 g/mol. The lowest BCUT2D eigenvalue weighted by Crippen LogP contribution is -2.09. The molecular formula is C11H18N4S. The lowest BCUT2D eigenvalue weighted by molar-refractivity contribution is 0.515. The van der Waals surface area contributed by atoms with Crippen molar-refractivity contribution in [2.24, 2.45) is 0 Å². The molecule has 5 heteroatoms. The third-order valence-corrected chi connectivity index (χ3v) is 4.07. The minimum atomic E-state index is 0.352. The van der Waals surface area contributed by atoms with Crippen LogP contribution in [0.1, 0.15) is 32.1 Å². The molecule has 1 heterocycles. The molecule has 2 rings (SSSR count). The number of hydrogen-bond acceptors (Lipinski definition) is 5. The van der Waals surface area contributed by atoms with Crippen LogP contribution in [0.15, 0.2) is 11.1 Å². The molecule has 0 aliphatic heterocycles. The second kappa shape index (κ2) is 5.39. The molecule has 0 unspecified atom stereocenters. The maximum Gasteiger partial charge on any atom is 0.223 e. The zero-order valence-electron chi connectivity index (χ0n) is 9.57. The van der Waals surface area contributed by atoms with Gasteiger partial charge in [-0.05, 0) is 12.8 Å². The molecule has 0 radical (unpaired) electrons. The molecule has 1 saturated carbocycles.